The first-order valence-electron chi connectivity index (χ1n) is 6.96. The molecule has 2 aromatic carbocycles. The number of aromatic amines is 1. The maximum Gasteiger partial charge on any atom is 0.129 e. The summed E-state index contributed by atoms with van der Waals surface area (Å²) in [5.74, 6) is 0.952. The van der Waals surface area contributed by atoms with Crippen LogP contribution in [-0.4, -0.2) is 10.6 Å². The van der Waals surface area contributed by atoms with Crippen LogP contribution in [0, 0.1) is 6.92 Å². The summed E-state index contributed by atoms with van der Waals surface area (Å²) >= 11 is 0. The van der Waals surface area contributed by atoms with Gasteiger partial charge in [0.1, 0.15) is 11.4 Å². The van der Waals surface area contributed by atoms with Crippen LogP contribution in [0.5, 0.6) is 5.75 Å². The van der Waals surface area contributed by atoms with Gasteiger partial charge < -0.3 is 9.72 Å². The maximum atomic E-state index is 6.04. The van der Waals surface area contributed by atoms with Gasteiger partial charge in [0, 0.05) is 27.9 Å². The van der Waals surface area contributed by atoms with Crippen LogP contribution in [0.25, 0.3) is 27.9 Å². The van der Waals surface area contributed by atoms with Gasteiger partial charge in [-0.25, -0.2) is 0 Å². The molecule has 1 aliphatic rings. The van der Waals surface area contributed by atoms with E-state index in [1.807, 2.05) is 0 Å². The van der Waals surface area contributed by atoms with Gasteiger partial charge in [-0.05, 0) is 45.0 Å². The van der Waals surface area contributed by atoms with Crippen molar-refractivity contribution < 1.29 is 4.74 Å². The zero-order valence-corrected chi connectivity index (χ0v) is 11.9. The van der Waals surface area contributed by atoms with Crippen molar-refractivity contribution >= 4 is 27.9 Å². The predicted molar refractivity (Wildman–Crippen MR) is 84.3 cm³/mol. The van der Waals surface area contributed by atoms with E-state index in [4.69, 9.17) is 4.74 Å². The molecule has 1 aliphatic heterocycles. The van der Waals surface area contributed by atoms with E-state index in [1.165, 1.54) is 21.9 Å². The van der Waals surface area contributed by atoms with Crippen LogP contribution < -0.4 is 4.74 Å². The lowest BCUT2D eigenvalue weighted by atomic mass is 10.0. The lowest BCUT2D eigenvalue weighted by Crippen LogP contribution is -2.27. The Hall–Kier alpha value is -2.22. The van der Waals surface area contributed by atoms with E-state index < -0.39 is 0 Å². The van der Waals surface area contributed by atoms with Crippen molar-refractivity contribution in [1.29, 1.82) is 0 Å². The monoisotopic (exact) mass is 263 g/mol. The molecule has 0 bridgehead atoms. The Morgan fingerprint density at radius 3 is 2.65 bits per heavy atom. The number of benzene rings is 2. The van der Waals surface area contributed by atoms with Crippen molar-refractivity contribution in [2.75, 3.05) is 0 Å². The van der Waals surface area contributed by atoms with Crippen molar-refractivity contribution in [2.24, 2.45) is 0 Å². The zero-order chi connectivity index (χ0) is 13.9. The number of H-pyrrole nitrogens is 1. The quantitative estimate of drug-likeness (QED) is 0.618. The van der Waals surface area contributed by atoms with E-state index in [0.717, 1.165) is 16.8 Å². The molecule has 1 aromatic heterocycles. The molecule has 0 unspecified atom stereocenters. The second-order valence-corrected chi connectivity index (χ2v) is 6.15. The second-order valence-electron chi connectivity index (χ2n) is 6.15. The van der Waals surface area contributed by atoms with E-state index in [2.05, 4.69) is 68.2 Å². The fourth-order valence-electron chi connectivity index (χ4n) is 2.88. The smallest absolute Gasteiger partial charge is 0.129 e. The minimum atomic E-state index is -0.233. The fraction of sp³-hybridized carbons (Fsp3) is 0.222. The summed E-state index contributed by atoms with van der Waals surface area (Å²) in [6.07, 6.45) is 4.27. The Morgan fingerprint density at radius 2 is 1.80 bits per heavy atom. The number of hydrogen-bond acceptors (Lipinski definition) is 1. The van der Waals surface area contributed by atoms with E-state index in [0.29, 0.717) is 0 Å². The summed E-state index contributed by atoms with van der Waals surface area (Å²) in [6.45, 7) is 6.28. The third-order valence-corrected chi connectivity index (χ3v) is 3.92. The molecule has 0 saturated carbocycles. The van der Waals surface area contributed by atoms with Crippen molar-refractivity contribution in [2.45, 2.75) is 26.4 Å². The summed E-state index contributed by atoms with van der Waals surface area (Å²) in [5, 5.41) is 2.54. The average Bonchev–Trinajstić information content (AvgIpc) is 2.72. The van der Waals surface area contributed by atoms with Gasteiger partial charge in [0.15, 0.2) is 0 Å². The minimum absolute atomic E-state index is 0.233. The number of rotatable bonds is 0. The molecule has 100 valence electrons. The zero-order valence-electron chi connectivity index (χ0n) is 11.9. The van der Waals surface area contributed by atoms with Crippen molar-refractivity contribution in [3.63, 3.8) is 0 Å². The highest BCUT2D eigenvalue weighted by Gasteiger charge is 2.22. The van der Waals surface area contributed by atoms with Crippen LogP contribution in [0.1, 0.15) is 25.0 Å². The Balaban J connectivity index is 2.04. The van der Waals surface area contributed by atoms with Gasteiger partial charge in [0.05, 0.1) is 5.52 Å². The third kappa shape index (κ3) is 1.64. The molecule has 0 saturated heterocycles. The maximum absolute atomic E-state index is 6.04. The Kier molecular flexibility index (Phi) is 2.12. The van der Waals surface area contributed by atoms with Crippen LogP contribution in [0.4, 0.5) is 0 Å². The predicted octanol–water partition coefficient (Wildman–Crippen LogP) is 4.81. The summed E-state index contributed by atoms with van der Waals surface area (Å²) in [5.41, 5.74) is 4.51. The minimum Gasteiger partial charge on any atom is -0.483 e. The van der Waals surface area contributed by atoms with Crippen molar-refractivity contribution in [3.05, 3.63) is 47.5 Å². The van der Waals surface area contributed by atoms with Gasteiger partial charge in [-0.15, -0.1) is 0 Å². The SMILES string of the molecule is Cc1ccc2[nH]c3cc4c(cc3c2c1)C=CC(C)(C)O4. The number of fused-ring (bicyclic) bond motifs is 4. The Morgan fingerprint density at radius 1 is 1.00 bits per heavy atom. The van der Waals surface area contributed by atoms with Crippen LogP contribution in [0.2, 0.25) is 0 Å². The molecule has 0 radical (unpaired) electrons. The lowest BCUT2D eigenvalue weighted by Gasteiger charge is -2.27. The molecule has 1 N–H and O–H groups in total. The number of nitrogens with one attached hydrogen (secondary N) is 1. The fourth-order valence-corrected chi connectivity index (χ4v) is 2.88. The number of aryl methyl sites for hydroxylation is 1. The molecule has 2 heterocycles. The molecule has 3 aromatic rings. The standard InChI is InChI=1S/C18H17NO/c1-11-4-5-15-13(8-11)14-9-12-6-7-18(2,3)20-17(12)10-16(14)19-15/h4-10,19H,1-3H3. The number of hydrogen-bond donors (Lipinski definition) is 1. The van der Waals surface area contributed by atoms with Crippen LogP contribution in [0.15, 0.2) is 36.4 Å². The Labute approximate surface area is 118 Å². The molecule has 0 atom stereocenters. The van der Waals surface area contributed by atoms with E-state index in [9.17, 15) is 0 Å². The van der Waals surface area contributed by atoms with Gasteiger partial charge in [-0.2, -0.15) is 0 Å². The molecular weight excluding hydrogens is 246 g/mol. The molecular formula is C18H17NO. The molecule has 20 heavy (non-hydrogen) atoms. The summed E-state index contributed by atoms with van der Waals surface area (Å²) < 4.78 is 6.04. The summed E-state index contributed by atoms with van der Waals surface area (Å²) in [4.78, 5) is 3.48. The highest BCUT2D eigenvalue weighted by atomic mass is 16.5. The van der Waals surface area contributed by atoms with Gasteiger partial charge in [0.25, 0.3) is 0 Å². The molecule has 0 aliphatic carbocycles. The molecule has 0 fully saturated rings. The van der Waals surface area contributed by atoms with Gasteiger partial charge in [-0.1, -0.05) is 17.7 Å². The number of aromatic nitrogens is 1. The van der Waals surface area contributed by atoms with E-state index >= 15 is 0 Å². The van der Waals surface area contributed by atoms with Crippen LogP contribution in [-0.2, 0) is 0 Å². The van der Waals surface area contributed by atoms with Gasteiger partial charge in [0.2, 0.25) is 0 Å². The highest BCUT2D eigenvalue weighted by molar-refractivity contribution is 6.08. The third-order valence-electron chi connectivity index (χ3n) is 3.92. The van der Waals surface area contributed by atoms with E-state index in [-0.39, 0.29) is 5.60 Å². The Bertz CT molecular complexity index is 868. The lowest BCUT2D eigenvalue weighted by molar-refractivity contribution is 0.159. The summed E-state index contributed by atoms with van der Waals surface area (Å²) in [7, 11) is 0. The van der Waals surface area contributed by atoms with Gasteiger partial charge in [-0.3, -0.25) is 0 Å². The second kappa shape index (κ2) is 3.66. The molecule has 0 spiro atoms. The highest BCUT2D eigenvalue weighted by Crippen LogP contribution is 2.36. The molecule has 2 nitrogen and oxygen atoms in total. The molecule has 0 amide bonds. The first-order valence-corrected chi connectivity index (χ1v) is 6.96. The first-order chi connectivity index (χ1) is 9.52. The van der Waals surface area contributed by atoms with Crippen LogP contribution >= 0.6 is 0 Å². The van der Waals surface area contributed by atoms with Crippen molar-refractivity contribution in [3.8, 4) is 5.75 Å². The van der Waals surface area contributed by atoms with E-state index in [1.54, 1.807) is 0 Å². The van der Waals surface area contributed by atoms with Gasteiger partial charge >= 0.3 is 0 Å². The summed E-state index contributed by atoms with van der Waals surface area (Å²) in [6, 6.07) is 10.8. The largest absolute Gasteiger partial charge is 0.483 e. The topological polar surface area (TPSA) is 25.0 Å². The first kappa shape index (κ1) is 11.6. The average molecular weight is 263 g/mol. The van der Waals surface area contributed by atoms with Crippen LogP contribution in [0.3, 0.4) is 0 Å². The molecule has 4 rings (SSSR count). The van der Waals surface area contributed by atoms with Crippen molar-refractivity contribution in [1.82, 2.24) is 4.98 Å². The normalized spacial score (nSPS) is 16.4. The molecule has 2 heteroatoms. The number of ether oxygens (including phenoxy) is 1.